The van der Waals surface area contributed by atoms with Gasteiger partial charge in [0, 0.05) is 11.1 Å². The summed E-state index contributed by atoms with van der Waals surface area (Å²) in [5.74, 6) is -7.53. The second kappa shape index (κ2) is 9.92. The van der Waals surface area contributed by atoms with Gasteiger partial charge in [-0.25, -0.2) is 26.3 Å². The fraction of sp³-hybridized carbons (Fsp3) is 0.462. The van der Waals surface area contributed by atoms with Crippen molar-refractivity contribution in [1.82, 2.24) is 0 Å². The third-order valence-electron chi connectivity index (χ3n) is 7.07. The monoisotopic (exact) mass is 468 g/mol. The van der Waals surface area contributed by atoms with Crippen LogP contribution < -0.4 is 0 Å². The lowest BCUT2D eigenvalue weighted by molar-refractivity contribution is -0.0401. The Morgan fingerprint density at radius 3 is 1.97 bits per heavy atom. The van der Waals surface area contributed by atoms with Gasteiger partial charge in [-0.2, -0.15) is 0 Å². The fourth-order valence-electron chi connectivity index (χ4n) is 5.00. The van der Waals surface area contributed by atoms with Crippen LogP contribution in [0.1, 0.15) is 68.2 Å². The molecule has 1 heterocycles. The van der Waals surface area contributed by atoms with Crippen LogP contribution >= 0.6 is 0 Å². The summed E-state index contributed by atoms with van der Waals surface area (Å²) in [4.78, 5) is 0. The largest absolute Gasteiger partial charge is 0.373 e. The molecule has 0 N–H and O–H groups in total. The molecule has 1 saturated carbocycles. The quantitative estimate of drug-likeness (QED) is 0.249. The van der Waals surface area contributed by atoms with Gasteiger partial charge >= 0.3 is 0 Å². The molecule has 1 aliphatic carbocycles. The summed E-state index contributed by atoms with van der Waals surface area (Å²) in [7, 11) is 0. The van der Waals surface area contributed by atoms with Gasteiger partial charge in [-0.15, -0.1) is 0 Å². The van der Waals surface area contributed by atoms with E-state index in [2.05, 4.69) is 6.92 Å². The van der Waals surface area contributed by atoms with Crippen LogP contribution in [-0.4, -0.2) is 6.61 Å². The molecular weight excluding hydrogens is 442 g/mol. The van der Waals surface area contributed by atoms with Crippen LogP contribution in [-0.2, 0) is 4.74 Å². The molecule has 0 bridgehead atoms. The predicted molar refractivity (Wildman–Crippen MR) is 114 cm³/mol. The van der Waals surface area contributed by atoms with Gasteiger partial charge in [-0.05, 0) is 73.3 Å². The minimum Gasteiger partial charge on any atom is -0.373 e. The van der Waals surface area contributed by atoms with E-state index in [1.807, 2.05) is 0 Å². The van der Waals surface area contributed by atoms with E-state index in [0.717, 1.165) is 30.9 Å². The number of rotatable bonds is 4. The normalized spacial score (nSPS) is 26.8. The Labute approximate surface area is 189 Å². The molecule has 1 nitrogen and oxygen atoms in total. The van der Waals surface area contributed by atoms with Crippen molar-refractivity contribution >= 4 is 11.7 Å². The van der Waals surface area contributed by atoms with Gasteiger partial charge in [0.1, 0.15) is 5.82 Å². The van der Waals surface area contributed by atoms with E-state index < -0.39 is 46.0 Å². The molecule has 2 aliphatic rings. The van der Waals surface area contributed by atoms with Crippen molar-refractivity contribution in [1.29, 1.82) is 0 Å². The SMILES string of the molecule is CC1CCC(C2CCC(c3ccc(/C(F)=C(\F)c4cc(F)c(F)c(F)c4)c(F)c3)OC2)CC1. The molecule has 2 unspecified atom stereocenters. The maximum Gasteiger partial charge on any atom is 0.194 e. The van der Waals surface area contributed by atoms with Crippen molar-refractivity contribution in [3.63, 3.8) is 0 Å². The Bertz CT molecular complexity index is 1010. The van der Waals surface area contributed by atoms with Crippen molar-refractivity contribution in [3.05, 3.63) is 70.3 Å². The molecule has 0 amide bonds. The van der Waals surface area contributed by atoms with Crippen LogP contribution in [0.2, 0.25) is 0 Å². The molecular formula is C26H26F6O. The molecule has 0 radical (unpaired) electrons. The van der Waals surface area contributed by atoms with Crippen LogP contribution in [0.3, 0.4) is 0 Å². The Morgan fingerprint density at radius 2 is 1.39 bits per heavy atom. The molecule has 2 aromatic carbocycles. The summed E-state index contributed by atoms with van der Waals surface area (Å²) in [5, 5.41) is 0. The second-order valence-corrected chi connectivity index (χ2v) is 9.30. The molecule has 4 rings (SSSR count). The Morgan fingerprint density at radius 1 is 0.758 bits per heavy atom. The van der Waals surface area contributed by atoms with Crippen LogP contribution in [0.25, 0.3) is 11.7 Å². The van der Waals surface area contributed by atoms with Crippen molar-refractivity contribution in [2.45, 2.75) is 51.6 Å². The number of halogens is 6. The molecule has 1 saturated heterocycles. The van der Waals surface area contributed by atoms with Gasteiger partial charge in [-0.1, -0.05) is 25.8 Å². The summed E-state index contributed by atoms with van der Waals surface area (Å²) in [6.07, 6.45) is 6.26. The van der Waals surface area contributed by atoms with E-state index in [-0.39, 0.29) is 6.10 Å². The molecule has 2 aromatic rings. The highest BCUT2D eigenvalue weighted by atomic mass is 19.2. The molecule has 2 fully saturated rings. The van der Waals surface area contributed by atoms with E-state index in [1.54, 1.807) is 0 Å². The van der Waals surface area contributed by atoms with Crippen LogP contribution in [0.15, 0.2) is 30.3 Å². The standard InChI is InChI=1S/C26H26F6O/c1-14-2-4-15(5-3-14)17-7-9-23(33-13-17)16-6-8-19(20(27)10-16)25(31)24(30)18-11-21(28)26(32)22(29)12-18/h6,8,10-12,14-15,17,23H,2-5,7,9,13H2,1H3/b25-24+. The highest BCUT2D eigenvalue weighted by molar-refractivity contribution is 5.83. The van der Waals surface area contributed by atoms with Crippen molar-refractivity contribution < 1.29 is 31.1 Å². The Kier molecular flexibility index (Phi) is 7.17. The van der Waals surface area contributed by atoms with Gasteiger partial charge in [-0.3, -0.25) is 0 Å². The molecule has 0 aromatic heterocycles. The first-order valence-electron chi connectivity index (χ1n) is 11.4. The molecule has 1 aliphatic heterocycles. The van der Waals surface area contributed by atoms with Gasteiger partial charge in [0.25, 0.3) is 0 Å². The maximum atomic E-state index is 14.7. The summed E-state index contributed by atoms with van der Waals surface area (Å²) in [5.41, 5.74) is -1.02. The molecule has 33 heavy (non-hydrogen) atoms. The van der Waals surface area contributed by atoms with E-state index in [0.29, 0.717) is 36.1 Å². The lowest BCUT2D eigenvalue weighted by atomic mass is 9.74. The van der Waals surface area contributed by atoms with Gasteiger partial charge in [0.15, 0.2) is 29.1 Å². The first-order chi connectivity index (χ1) is 15.7. The Balaban J connectivity index is 1.47. The van der Waals surface area contributed by atoms with Crippen molar-refractivity contribution in [2.75, 3.05) is 6.61 Å². The number of hydrogen-bond acceptors (Lipinski definition) is 1. The smallest absolute Gasteiger partial charge is 0.194 e. The van der Waals surface area contributed by atoms with Crippen LogP contribution in [0, 0.1) is 41.0 Å². The van der Waals surface area contributed by atoms with Crippen LogP contribution in [0.5, 0.6) is 0 Å². The van der Waals surface area contributed by atoms with Crippen LogP contribution in [0.4, 0.5) is 26.3 Å². The highest BCUT2D eigenvalue weighted by Crippen LogP contribution is 2.41. The third-order valence-corrected chi connectivity index (χ3v) is 7.07. The van der Waals surface area contributed by atoms with Crippen molar-refractivity contribution in [2.24, 2.45) is 17.8 Å². The zero-order chi connectivity index (χ0) is 23.7. The van der Waals surface area contributed by atoms with Gasteiger partial charge in [0.05, 0.1) is 12.7 Å². The minimum atomic E-state index is -1.80. The topological polar surface area (TPSA) is 9.23 Å². The first-order valence-corrected chi connectivity index (χ1v) is 11.4. The third kappa shape index (κ3) is 5.13. The minimum absolute atomic E-state index is 0.318. The average molecular weight is 468 g/mol. The van der Waals surface area contributed by atoms with Gasteiger partial charge < -0.3 is 4.74 Å². The highest BCUT2D eigenvalue weighted by Gasteiger charge is 2.31. The second-order valence-electron chi connectivity index (χ2n) is 9.30. The summed E-state index contributed by atoms with van der Waals surface area (Å²) >= 11 is 0. The lowest BCUT2D eigenvalue weighted by Gasteiger charge is -2.37. The van der Waals surface area contributed by atoms with E-state index >= 15 is 0 Å². The Hall–Kier alpha value is -2.28. The molecule has 178 valence electrons. The maximum absolute atomic E-state index is 14.7. The fourth-order valence-corrected chi connectivity index (χ4v) is 5.00. The lowest BCUT2D eigenvalue weighted by Crippen LogP contribution is -2.29. The summed E-state index contributed by atoms with van der Waals surface area (Å²) < 4.78 is 89.5. The average Bonchev–Trinajstić information content (AvgIpc) is 2.82. The molecule has 7 heteroatoms. The summed E-state index contributed by atoms with van der Waals surface area (Å²) in [6.45, 7) is 2.87. The van der Waals surface area contributed by atoms with E-state index in [1.165, 1.54) is 31.7 Å². The number of benzene rings is 2. The van der Waals surface area contributed by atoms with Gasteiger partial charge in [0.2, 0.25) is 0 Å². The summed E-state index contributed by atoms with van der Waals surface area (Å²) in [6, 6.07) is 4.27. The first kappa shape index (κ1) is 23.9. The zero-order valence-electron chi connectivity index (χ0n) is 18.3. The number of ether oxygens (including phenoxy) is 1. The zero-order valence-corrected chi connectivity index (χ0v) is 18.3. The predicted octanol–water partition coefficient (Wildman–Crippen LogP) is 8.30. The van der Waals surface area contributed by atoms with Crippen molar-refractivity contribution in [3.8, 4) is 0 Å². The molecule has 0 spiro atoms. The molecule has 2 atom stereocenters. The van der Waals surface area contributed by atoms with E-state index in [9.17, 15) is 26.3 Å². The number of hydrogen-bond donors (Lipinski definition) is 0. The van der Waals surface area contributed by atoms with E-state index in [4.69, 9.17) is 4.74 Å².